The fourth-order valence-corrected chi connectivity index (χ4v) is 2.42. The van der Waals surface area contributed by atoms with E-state index in [-0.39, 0.29) is 11.9 Å². The summed E-state index contributed by atoms with van der Waals surface area (Å²) in [6.07, 6.45) is 2.89. The van der Waals surface area contributed by atoms with Gasteiger partial charge >= 0.3 is 5.97 Å². The third-order valence-electron chi connectivity index (χ3n) is 3.79. The maximum absolute atomic E-state index is 12.3. The third kappa shape index (κ3) is 4.98. The molecule has 0 unspecified atom stereocenters. The maximum Gasteiger partial charge on any atom is 0.305 e. The smallest absolute Gasteiger partial charge is 0.305 e. The van der Waals surface area contributed by atoms with Gasteiger partial charge in [0.2, 0.25) is 0 Å². The quantitative estimate of drug-likeness (QED) is 0.592. The number of ether oxygens (including phenoxy) is 1. The molecule has 0 saturated carbocycles. The van der Waals surface area contributed by atoms with Crippen molar-refractivity contribution in [1.29, 1.82) is 0 Å². The molecule has 0 aliphatic heterocycles. The van der Waals surface area contributed by atoms with Crippen LogP contribution in [0.3, 0.4) is 0 Å². The molecule has 5 heteroatoms. The van der Waals surface area contributed by atoms with Gasteiger partial charge in [-0.15, -0.1) is 0 Å². The summed E-state index contributed by atoms with van der Waals surface area (Å²) in [7, 11) is 1.39. The van der Waals surface area contributed by atoms with Crippen molar-refractivity contribution in [2.75, 3.05) is 13.7 Å². The lowest BCUT2D eigenvalue weighted by atomic mass is 10.1. The van der Waals surface area contributed by atoms with Gasteiger partial charge in [0.15, 0.2) is 0 Å². The summed E-state index contributed by atoms with van der Waals surface area (Å²) in [6.45, 7) is 2.36. The van der Waals surface area contributed by atoms with Gasteiger partial charge < -0.3 is 14.5 Å². The predicted molar refractivity (Wildman–Crippen MR) is 91.7 cm³/mol. The van der Waals surface area contributed by atoms with Crippen LogP contribution in [0.5, 0.6) is 0 Å². The molecule has 24 heavy (non-hydrogen) atoms. The molecule has 0 radical (unpaired) electrons. The average molecular weight is 329 g/mol. The highest BCUT2D eigenvalue weighted by Crippen LogP contribution is 2.25. The Bertz CT molecular complexity index is 676. The van der Waals surface area contributed by atoms with Gasteiger partial charge in [0.25, 0.3) is 5.91 Å². The van der Waals surface area contributed by atoms with Gasteiger partial charge in [0.05, 0.1) is 12.7 Å². The largest absolute Gasteiger partial charge is 0.469 e. The molecule has 1 N–H and O–H groups in total. The molecule has 0 saturated heterocycles. The van der Waals surface area contributed by atoms with Crippen LogP contribution in [0.15, 0.2) is 40.8 Å². The fraction of sp³-hybridized carbons (Fsp3) is 0.368. The Morgan fingerprint density at radius 1 is 1.12 bits per heavy atom. The Labute approximate surface area is 142 Å². The maximum atomic E-state index is 12.3. The van der Waals surface area contributed by atoms with Crippen molar-refractivity contribution in [3.63, 3.8) is 0 Å². The second kappa shape index (κ2) is 8.91. The molecule has 1 aromatic carbocycles. The highest BCUT2D eigenvalue weighted by atomic mass is 16.5. The lowest BCUT2D eigenvalue weighted by Gasteiger charge is -2.04. The van der Waals surface area contributed by atoms with E-state index in [1.54, 1.807) is 13.0 Å². The molecule has 5 nitrogen and oxygen atoms in total. The lowest BCUT2D eigenvalue weighted by molar-refractivity contribution is -0.140. The summed E-state index contributed by atoms with van der Waals surface area (Å²) in [5.41, 5.74) is 1.51. The number of hydrogen-bond donors (Lipinski definition) is 1. The van der Waals surface area contributed by atoms with Crippen LogP contribution in [0.2, 0.25) is 0 Å². The summed E-state index contributed by atoms with van der Waals surface area (Å²) in [5, 5.41) is 2.89. The molecular formula is C19H23NO4. The Balaban J connectivity index is 1.81. The number of benzene rings is 1. The molecule has 2 aromatic rings. The number of carbonyl (C=O) groups excluding carboxylic acids is 2. The van der Waals surface area contributed by atoms with Gasteiger partial charge in [-0.25, -0.2) is 0 Å². The zero-order chi connectivity index (χ0) is 17.4. The molecular weight excluding hydrogens is 306 g/mol. The van der Waals surface area contributed by atoms with E-state index < -0.39 is 0 Å². The van der Waals surface area contributed by atoms with Crippen LogP contribution < -0.4 is 5.32 Å². The molecule has 0 bridgehead atoms. The first kappa shape index (κ1) is 17.8. The van der Waals surface area contributed by atoms with Crippen LogP contribution in [0.25, 0.3) is 11.3 Å². The van der Waals surface area contributed by atoms with Crippen molar-refractivity contribution in [2.45, 2.75) is 32.6 Å². The number of furan rings is 1. The minimum Gasteiger partial charge on any atom is -0.469 e. The normalized spacial score (nSPS) is 10.4. The van der Waals surface area contributed by atoms with Crippen molar-refractivity contribution in [2.24, 2.45) is 0 Å². The van der Waals surface area contributed by atoms with Crippen molar-refractivity contribution in [3.05, 3.63) is 47.7 Å². The number of rotatable bonds is 8. The molecule has 1 aromatic heterocycles. The topological polar surface area (TPSA) is 68.5 Å². The SMILES string of the molecule is COC(=O)CCCCCNC(=O)c1cc(-c2ccccc2)oc1C. The first-order chi connectivity index (χ1) is 11.6. The van der Waals surface area contributed by atoms with Gasteiger partial charge in [-0.3, -0.25) is 9.59 Å². The number of methoxy groups -OCH3 is 1. The first-order valence-electron chi connectivity index (χ1n) is 8.12. The molecule has 0 spiro atoms. The van der Waals surface area contributed by atoms with Gasteiger partial charge in [0, 0.05) is 18.5 Å². The summed E-state index contributed by atoms with van der Waals surface area (Å²) >= 11 is 0. The van der Waals surface area contributed by atoms with Gasteiger partial charge in [0.1, 0.15) is 11.5 Å². The van der Waals surface area contributed by atoms with Crippen molar-refractivity contribution < 1.29 is 18.7 Å². The van der Waals surface area contributed by atoms with Crippen LogP contribution in [0.4, 0.5) is 0 Å². The Kier molecular flexibility index (Phi) is 6.61. The molecule has 0 aliphatic carbocycles. The van der Waals surface area contributed by atoms with E-state index in [1.165, 1.54) is 7.11 Å². The lowest BCUT2D eigenvalue weighted by Crippen LogP contribution is -2.24. The second-order valence-electron chi connectivity index (χ2n) is 5.59. The molecule has 1 amide bonds. The fourth-order valence-electron chi connectivity index (χ4n) is 2.42. The third-order valence-corrected chi connectivity index (χ3v) is 3.79. The monoisotopic (exact) mass is 329 g/mol. The van der Waals surface area contributed by atoms with E-state index in [9.17, 15) is 9.59 Å². The van der Waals surface area contributed by atoms with Crippen LogP contribution in [0, 0.1) is 6.92 Å². The van der Waals surface area contributed by atoms with E-state index in [0.29, 0.717) is 30.0 Å². The van der Waals surface area contributed by atoms with Gasteiger partial charge in [-0.2, -0.15) is 0 Å². The Morgan fingerprint density at radius 3 is 2.58 bits per heavy atom. The van der Waals surface area contributed by atoms with Crippen LogP contribution in [0.1, 0.15) is 41.8 Å². The zero-order valence-corrected chi connectivity index (χ0v) is 14.1. The van der Waals surface area contributed by atoms with Crippen molar-refractivity contribution in [1.82, 2.24) is 5.32 Å². The van der Waals surface area contributed by atoms with Crippen molar-refractivity contribution >= 4 is 11.9 Å². The number of carbonyl (C=O) groups is 2. The summed E-state index contributed by atoms with van der Waals surface area (Å²) in [5.74, 6) is 0.973. The van der Waals surface area contributed by atoms with E-state index >= 15 is 0 Å². The number of esters is 1. The molecule has 2 rings (SSSR count). The van der Waals surface area contributed by atoms with Gasteiger partial charge in [-0.1, -0.05) is 36.8 Å². The number of aryl methyl sites for hydroxylation is 1. The Hall–Kier alpha value is -2.56. The molecule has 1 heterocycles. The number of unbranched alkanes of at least 4 members (excludes halogenated alkanes) is 2. The van der Waals surface area contributed by atoms with E-state index in [0.717, 1.165) is 24.8 Å². The summed E-state index contributed by atoms with van der Waals surface area (Å²) in [6, 6.07) is 11.5. The van der Waals surface area contributed by atoms with Crippen LogP contribution in [-0.4, -0.2) is 25.5 Å². The van der Waals surface area contributed by atoms with E-state index in [2.05, 4.69) is 10.1 Å². The molecule has 0 atom stereocenters. The highest BCUT2D eigenvalue weighted by Gasteiger charge is 2.15. The zero-order valence-electron chi connectivity index (χ0n) is 14.1. The minimum absolute atomic E-state index is 0.133. The minimum atomic E-state index is -0.193. The summed E-state index contributed by atoms with van der Waals surface area (Å²) < 4.78 is 10.3. The van der Waals surface area contributed by atoms with E-state index in [1.807, 2.05) is 30.3 Å². The summed E-state index contributed by atoms with van der Waals surface area (Å²) in [4.78, 5) is 23.2. The standard InChI is InChI=1S/C19H23NO4/c1-14-16(13-17(24-14)15-9-5-3-6-10-15)19(22)20-12-8-4-7-11-18(21)23-2/h3,5-6,9-10,13H,4,7-8,11-12H2,1-2H3,(H,20,22). The number of amides is 1. The Morgan fingerprint density at radius 2 is 1.88 bits per heavy atom. The number of nitrogens with one attached hydrogen (secondary N) is 1. The van der Waals surface area contributed by atoms with Crippen molar-refractivity contribution in [3.8, 4) is 11.3 Å². The van der Waals surface area contributed by atoms with Crippen LogP contribution >= 0.6 is 0 Å². The van der Waals surface area contributed by atoms with Gasteiger partial charge in [-0.05, 0) is 25.8 Å². The molecule has 128 valence electrons. The first-order valence-corrected chi connectivity index (χ1v) is 8.12. The van der Waals surface area contributed by atoms with E-state index in [4.69, 9.17) is 4.42 Å². The van der Waals surface area contributed by atoms with Crippen LogP contribution in [-0.2, 0) is 9.53 Å². The average Bonchev–Trinajstić information content (AvgIpc) is 3.00. The number of hydrogen-bond acceptors (Lipinski definition) is 4. The highest BCUT2D eigenvalue weighted by molar-refractivity contribution is 5.96. The predicted octanol–water partition coefficient (Wildman–Crippen LogP) is 3.72. The molecule has 0 fully saturated rings. The second-order valence-corrected chi connectivity index (χ2v) is 5.59. The molecule has 0 aliphatic rings.